The maximum absolute atomic E-state index is 12.5. The number of carbonyl (C=O) groups is 2. The highest BCUT2D eigenvalue weighted by Gasteiger charge is 2.41. The number of amides is 2. The lowest BCUT2D eigenvalue weighted by Crippen LogP contribution is -2.48. The third kappa shape index (κ3) is 2.99. The van der Waals surface area contributed by atoms with Crippen LogP contribution < -0.4 is 5.32 Å². The molecule has 0 bridgehead atoms. The summed E-state index contributed by atoms with van der Waals surface area (Å²) in [5, 5.41) is 3.01. The van der Waals surface area contributed by atoms with E-state index in [0.717, 1.165) is 31.4 Å². The van der Waals surface area contributed by atoms with Gasteiger partial charge in [-0.15, -0.1) is 0 Å². The summed E-state index contributed by atoms with van der Waals surface area (Å²) in [6.07, 6.45) is 3.20. The second kappa shape index (κ2) is 6.46. The van der Waals surface area contributed by atoms with E-state index in [4.69, 9.17) is 4.74 Å². The molecule has 5 nitrogen and oxygen atoms in total. The molecule has 2 aliphatic rings. The summed E-state index contributed by atoms with van der Waals surface area (Å²) in [5.74, 6) is -0.104. The zero-order valence-corrected chi connectivity index (χ0v) is 14.7. The van der Waals surface area contributed by atoms with Crippen molar-refractivity contribution in [3.8, 4) is 0 Å². The Labute approximate surface area is 143 Å². The number of nitrogens with one attached hydrogen (secondary N) is 1. The normalized spacial score (nSPS) is 26.5. The van der Waals surface area contributed by atoms with Crippen molar-refractivity contribution in [1.82, 2.24) is 4.90 Å². The number of nitrogens with zero attached hydrogens (tertiary/aromatic N) is 1. The van der Waals surface area contributed by atoms with Crippen molar-refractivity contribution in [2.45, 2.75) is 59.0 Å². The fourth-order valence-electron chi connectivity index (χ4n) is 3.81. The van der Waals surface area contributed by atoms with Crippen LogP contribution >= 0.6 is 0 Å². The minimum absolute atomic E-state index is 0.0298. The van der Waals surface area contributed by atoms with Gasteiger partial charge in [0.2, 0.25) is 0 Å². The van der Waals surface area contributed by atoms with E-state index in [1.807, 2.05) is 30.9 Å². The molecule has 2 amide bonds. The number of ether oxygens (including phenoxy) is 1. The first kappa shape index (κ1) is 16.8. The maximum Gasteiger partial charge on any atom is 0.322 e. The predicted octanol–water partition coefficient (Wildman–Crippen LogP) is 3.85. The molecule has 1 aromatic carbocycles. The smallest absolute Gasteiger partial charge is 0.322 e. The predicted molar refractivity (Wildman–Crippen MR) is 92.7 cm³/mol. The first-order valence-electron chi connectivity index (χ1n) is 8.78. The summed E-state index contributed by atoms with van der Waals surface area (Å²) in [4.78, 5) is 26.6. The maximum atomic E-state index is 12.5. The first-order valence-corrected chi connectivity index (χ1v) is 8.78. The summed E-state index contributed by atoms with van der Waals surface area (Å²) in [5.41, 5.74) is 2.90. The summed E-state index contributed by atoms with van der Waals surface area (Å²) in [7, 11) is 0. The summed E-state index contributed by atoms with van der Waals surface area (Å²) >= 11 is 0. The lowest BCUT2D eigenvalue weighted by Gasteiger charge is -2.42. The minimum atomic E-state index is -0.410. The van der Waals surface area contributed by atoms with Crippen LogP contribution in [-0.2, 0) is 16.1 Å². The van der Waals surface area contributed by atoms with Crippen LogP contribution in [0.4, 0.5) is 10.5 Å². The SMILES string of the molecule is CCOC(=O)C1(C)CCC(N2Cc3c(C)cccc3NC2=O)CC1. The number of carbonyl (C=O) groups excluding carboxylic acids is 2. The molecule has 0 saturated heterocycles. The Morgan fingerprint density at radius 3 is 2.75 bits per heavy atom. The number of rotatable bonds is 3. The Morgan fingerprint density at radius 1 is 1.38 bits per heavy atom. The molecule has 1 aliphatic heterocycles. The van der Waals surface area contributed by atoms with E-state index in [9.17, 15) is 9.59 Å². The standard InChI is InChI=1S/C19H26N2O3/c1-4-24-17(22)19(3)10-8-14(9-11-19)21-12-15-13(2)6-5-7-16(15)20-18(21)23/h5-7,14H,4,8-12H2,1-3H3,(H,20,23). The topological polar surface area (TPSA) is 58.6 Å². The van der Waals surface area contributed by atoms with Gasteiger partial charge in [0.1, 0.15) is 0 Å². The van der Waals surface area contributed by atoms with Gasteiger partial charge in [0.25, 0.3) is 0 Å². The average molecular weight is 330 g/mol. The molecule has 1 heterocycles. The Bertz CT molecular complexity index is 648. The molecule has 0 spiro atoms. The summed E-state index contributed by atoms with van der Waals surface area (Å²) in [6.45, 7) is 6.96. The lowest BCUT2D eigenvalue weighted by molar-refractivity contribution is -0.156. The van der Waals surface area contributed by atoms with Crippen LogP contribution in [0.25, 0.3) is 0 Å². The molecule has 0 radical (unpaired) electrons. The lowest BCUT2D eigenvalue weighted by atomic mass is 9.73. The van der Waals surface area contributed by atoms with Crippen LogP contribution in [0.15, 0.2) is 18.2 Å². The van der Waals surface area contributed by atoms with Gasteiger partial charge in [0.15, 0.2) is 0 Å². The highest BCUT2D eigenvalue weighted by Crippen LogP contribution is 2.40. The van der Waals surface area contributed by atoms with Crippen LogP contribution in [0.3, 0.4) is 0 Å². The van der Waals surface area contributed by atoms with Gasteiger partial charge in [-0.3, -0.25) is 4.79 Å². The number of aryl methyl sites for hydroxylation is 1. The Kier molecular flexibility index (Phi) is 4.52. The van der Waals surface area contributed by atoms with E-state index in [0.29, 0.717) is 13.2 Å². The average Bonchev–Trinajstić information content (AvgIpc) is 2.56. The van der Waals surface area contributed by atoms with Crippen LogP contribution in [0.1, 0.15) is 50.7 Å². The van der Waals surface area contributed by atoms with Gasteiger partial charge >= 0.3 is 12.0 Å². The van der Waals surface area contributed by atoms with Crippen LogP contribution in [0.5, 0.6) is 0 Å². The van der Waals surface area contributed by atoms with Crippen molar-refractivity contribution in [3.05, 3.63) is 29.3 Å². The van der Waals surface area contributed by atoms with Crippen LogP contribution in [0.2, 0.25) is 0 Å². The third-order valence-corrected chi connectivity index (χ3v) is 5.51. The molecular formula is C19H26N2O3. The van der Waals surface area contributed by atoms with Crippen LogP contribution in [0, 0.1) is 12.3 Å². The third-order valence-electron chi connectivity index (χ3n) is 5.51. The summed E-state index contributed by atoms with van der Waals surface area (Å²) < 4.78 is 5.22. The zero-order valence-electron chi connectivity index (χ0n) is 14.7. The summed E-state index contributed by atoms with van der Waals surface area (Å²) in [6, 6.07) is 6.15. The van der Waals surface area contributed by atoms with E-state index in [-0.39, 0.29) is 18.0 Å². The molecule has 1 aromatic rings. The second-order valence-corrected chi connectivity index (χ2v) is 7.17. The molecule has 1 fully saturated rings. The van der Waals surface area contributed by atoms with Gasteiger partial charge in [0, 0.05) is 11.7 Å². The van der Waals surface area contributed by atoms with Gasteiger partial charge in [-0.1, -0.05) is 12.1 Å². The Morgan fingerprint density at radius 2 is 2.08 bits per heavy atom. The molecular weight excluding hydrogens is 304 g/mol. The van der Waals surface area contributed by atoms with Gasteiger partial charge < -0.3 is 15.0 Å². The highest BCUT2D eigenvalue weighted by molar-refractivity contribution is 5.92. The molecule has 24 heavy (non-hydrogen) atoms. The van der Waals surface area contributed by atoms with E-state index in [2.05, 4.69) is 18.3 Å². The zero-order chi connectivity index (χ0) is 17.3. The minimum Gasteiger partial charge on any atom is -0.466 e. The van der Waals surface area contributed by atoms with Crippen molar-refractivity contribution < 1.29 is 14.3 Å². The first-order chi connectivity index (χ1) is 11.4. The molecule has 5 heteroatoms. The Hall–Kier alpha value is -2.04. The number of hydrogen-bond acceptors (Lipinski definition) is 3. The highest BCUT2D eigenvalue weighted by atomic mass is 16.5. The quantitative estimate of drug-likeness (QED) is 0.856. The van der Waals surface area contributed by atoms with Gasteiger partial charge in [0.05, 0.1) is 18.6 Å². The van der Waals surface area contributed by atoms with Gasteiger partial charge in [-0.25, -0.2) is 4.79 Å². The molecule has 130 valence electrons. The monoisotopic (exact) mass is 330 g/mol. The van der Waals surface area contributed by atoms with Crippen molar-refractivity contribution in [2.75, 3.05) is 11.9 Å². The number of urea groups is 1. The Balaban J connectivity index is 1.70. The number of hydrogen-bond donors (Lipinski definition) is 1. The van der Waals surface area contributed by atoms with Crippen molar-refractivity contribution in [1.29, 1.82) is 0 Å². The molecule has 0 atom stereocenters. The van der Waals surface area contributed by atoms with Crippen molar-refractivity contribution >= 4 is 17.7 Å². The molecule has 1 saturated carbocycles. The fraction of sp³-hybridized carbons (Fsp3) is 0.579. The van der Waals surface area contributed by atoms with Crippen molar-refractivity contribution in [2.24, 2.45) is 5.41 Å². The number of benzene rings is 1. The molecule has 3 rings (SSSR count). The van der Waals surface area contributed by atoms with E-state index < -0.39 is 5.41 Å². The van der Waals surface area contributed by atoms with E-state index in [1.165, 1.54) is 11.1 Å². The molecule has 0 unspecified atom stereocenters. The van der Waals surface area contributed by atoms with Crippen molar-refractivity contribution in [3.63, 3.8) is 0 Å². The largest absolute Gasteiger partial charge is 0.466 e. The second-order valence-electron chi connectivity index (χ2n) is 7.17. The number of anilines is 1. The van der Waals surface area contributed by atoms with Gasteiger partial charge in [-0.05, 0) is 63.6 Å². The van der Waals surface area contributed by atoms with E-state index in [1.54, 1.807) is 0 Å². The van der Waals surface area contributed by atoms with Gasteiger partial charge in [-0.2, -0.15) is 0 Å². The van der Waals surface area contributed by atoms with E-state index >= 15 is 0 Å². The molecule has 1 aliphatic carbocycles. The number of fused-ring (bicyclic) bond motifs is 1. The fourth-order valence-corrected chi connectivity index (χ4v) is 3.81. The number of esters is 1. The molecule has 1 N–H and O–H groups in total. The van der Waals surface area contributed by atoms with Crippen LogP contribution in [-0.4, -0.2) is 29.5 Å². The molecule has 0 aromatic heterocycles.